The van der Waals surface area contributed by atoms with E-state index in [0.717, 1.165) is 10.4 Å². The van der Waals surface area contributed by atoms with E-state index in [0.29, 0.717) is 28.4 Å². The van der Waals surface area contributed by atoms with Crippen molar-refractivity contribution in [3.8, 4) is 10.4 Å². The fourth-order valence-corrected chi connectivity index (χ4v) is 5.67. The van der Waals surface area contributed by atoms with Gasteiger partial charge in [0.05, 0.1) is 15.5 Å². The van der Waals surface area contributed by atoms with Gasteiger partial charge < -0.3 is 4.90 Å². The number of hydrogen-bond acceptors (Lipinski definition) is 4. The number of benzene rings is 1. The number of amides is 1. The summed E-state index contributed by atoms with van der Waals surface area (Å²) in [6.45, 7) is 5.17. The Balaban J connectivity index is 2.12. The molecule has 0 N–H and O–H groups in total. The van der Waals surface area contributed by atoms with Gasteiger partial charge in [0.2, 0.25) is 0 Å². The quantitative estimate of drug-likeness (QED) is 0.865. The van der Waals surface area contributed by atoms with Crippen molar-refractivity contribution in [3.05, 3.63) is 40.8 Å². The van der Waals surface area contributed by atoms with Crippen molar-refractivity contribution in [1.82, 2.24) is 4.90 Å². The molecule has 22 heavy (non-hydrogen) atoms. The molecule has 0 fully saturated rings. The van der Waals surface area contributed by atoms with Gasteiger partial charge >= 0.3 is 0 Å². The lowest BCUT2D eigenvalue weighted by Gasteiger charge is -2.17. The summed E-state index contributed by atoms with van der Waals surface area (Å²) in [5.41, 5.74) is 1.45. The van der Waals surface area contributed by atoms with Crippen LogP contribution in [0.2, 0.25) is 0 Å². The lowest BCUT2D eigenvalue weighted by Crippen LogP contribution is -2.29. The van der Waals surface area contributed by atoms with Crippen molar-refractivity contribution in [1.29, 1.82) is 0 Å². The lowest BCUT2D eigenvalue weighted by atomic mass is 10.1. The fourth-order valence-electron chi connectivity index (χ4n) is 2.74. The minimum absolute atomic E-state index is 0.0264. The molecule has 0 bridgehead atoms. The summed E-state index contributed by atoms with van der Waals surface area (Å²) in [5.74, 6) is -0.0549. The van der Waals surface area contributed by atoms with Gasteiger partial charge in [-0.2, -0.15) is 0 Å². The molecule has 1 aliphatic rings. The van der Waals surface area contributed by atoms with E-state index < -0.39 is 9.84 Å². The van der Waals surface area contributed by atoms with E-state index in [-0.39, 0.29) is 11.7 Å². The monoisotopic (exact) mass is 335 g/mol. The fraction of sp³-hybridized carbons (Fsp3) is 0.312. The van der Waals surface area contributed by atoms with E-state index in [1.54, 1.807) is 23.1 Å². The number of sulfone groups is 1. The Hall–Kier alpha value is -1.66. The highest BCUT2D eigenvalue weighted by atomic mass is 32.2. The number of fused-ring (bicyclic) bond motifs is 3. The van der Waals surface area contributed by atoms with E-state index in [1.165, 1.54) is 11.3 Å². The topological polar surface area (TPSA) is 54.5 Å². The van der Waals surface area contributed by atoms with Crippen molar-refractivity contribution in [2.45, 2.75) is 24.5 Å². The van der Waals surface area contributed by atoms with Gasteiger partial charge in [-0.1, -0.05) is 18.2 Å². The lowest BCUT2D eigenvalue weighted by molar-refractivity contribution is 0.0777. The highest BCUT2D eigenvalue weighted by molar-refractivity contribution is 7.91. The SMILES string of the molecule is CCN(CC)C(=O)c1cc2c(s1)-c1ccccc1S(=O)(=O)C2. The molecule has 0 atom stereocenters. The Bertz CT molecular complexity index is 833. The van der Waals surface area contributed by atoms with Crippen molar-refractivity contribution in [2.24, 2.45) is 0 Å². The largest absolute Gasteiger partial charge is 0.339 e. The van der Waals surface area contributed by atoms with Gasteiger partial charge in [-0.15, -0.1) is 11.3 Å². The first-order valence-electron chi connectivity index (χ1n) is 7.22. The molecular formula is C16H17NO3S2. The summed E-state index contributed by atoms with van der Waals surface area (Å²) in [6.07, 6.45) is 0. The van der Waals surface area contributed by atoms with Crippen molar-refractivity contribution < 1.29 is 13.2 Å². The summed E-state index contributed by atoms with van der Waals surface area (Å²) < 4.78 is 24.7. The molecule has 0 unspecified atom stereocenters. The highest BCUT2D eigenvalue weighted by Crippen LogP contribution is 2.42. The standard InChI is InChI=1S/C16H17NO3S2/c1-3-17(4-2)16(18)13-9-11-10-22(19,20)14-8-6-5-7-12(14)15(11)21-13/h5-9H,3-4,10H2,1-2H3. The summed E-state index contributed by atoms with van der Waals surface area (Å²) in [4.78, 5) is 16.1. The van der Waals surface area contributed by atoms with E-state index in [2.05, 4.69) is 0 Å². The molecule has 4 nitrogen and oxygen atoms in total. The summed E-state index contributed by atoms with van der Waals surface area (Å²) in [5, 5.41) is 0. The molecule has 6 heteroatoms. The first-order chi connectivity index (χ1) is 10.5. The molecule has 2 heterocycles. The van der Waals surface area contributed by atoms with Gasteiger partial charge in [0.15, 0.2) is 9.84 Å². The van der Waals surface area contributed by atoms with E-state index in [9.17, 15) is 13.2 Å². The molecule has 0 saturated heterocycles. The third-order valence-electron chi connectivity index (χ3n) is 3.88. The third kappa shape index (κ3) is 2.36. The van der Waals surface area contributed by atoms with Crippen LogP contribution in [0.1, 0.15) is 29.1 Å². The van der Waals surface area contributed by atoms with E-state index in [4.69, 9.17) is 0 Å². The van der Waals surface area contributed by atoms with Crippen molar-refractivity contribution >= 4 is 27.1 Å². The van der Waals surface area contributed by atoms with Gasteiger partial charge in [0, 0.05) is 23.5 Å². The Morgan fingerprint density at radius 2 is 1.91 bits per heavy atom. The average molecular weight is 335 g/mol. The van der Waals surface area contributed by atoms with Crippen LogP contribution in [0.5, 0.6) is 0 Å². The first-order valence-corrected chi connectivity index (χ1v) is 9.69. The highest BCUT2D eigenvalue weighted by Gasteiger charge is 2.31. The molecule has 3 rings (SSSR count). The summed E-state index contributed by atoms with van der Waals surface area (Å²) in [7, 11) is -3.32. The molecular weight excluding hydrogens is 318 g/mol. The maximum atomic E-state index is 12.5. The number of rotatable bonds is 3. The Morgan fingerprint density at radius 3 is 2.59 bits per heavy atom. The summed E-state index contributed by atoms with van der Waals surface area (Å²) >= 11 is 1.39. The maximum absolute atomic E-state index is 12.5. The average Bonchev–Trinajstić information content (AvgIpc) is 2.91. The zero-order valence-corrected chi connectivity index (χ0v) is 14.1. The molecule has 116 valence electrons. The molecule has 1 aromatic carbocycles. The van der Waals surface area contributed by atoms with Crippen LogP contribution < -0.4 is 0 Å². The number of carbonyl (C=O) groups excluding carboxylic acids is 1. The van der Waals surface area contributed by atoms with Crippen LogP contribution in [0.4, 0.5) is 0 Å². The number of hydrogen-bond donors (Lipinski definition) is 0. The molecule has 0 radical (unpaired) electrons. The number of thiophene rings is 1. The maximum Gasteiger partial charge on any atom is 0.263 e. The zero-order valence-electron chi connectivity index (χ0n) is 12.5. The second-order valence-corrected chi connectivity index (χ2v) is 8.21. The van der Waals surface area contributed by atoms with Crippen molar-refractivity contribution in [2.75, 3.05) is 13.1 Å². The number of nitrogens with zero attached hydrogens (tertiary/aromatic N) is 1. The molecule has 0 saturated carbocycles. The second kappa shape index (κ2) is 5.52. The van der Waals surface area contributed by atoms with Gasteiger partial charge in [0.1, 0.15) is 0 Å². The van der Waals surface area contributed by atoms with Gasteiger partial charge in [0.25, 0.3) is 5.91 Å². The Morgan fingerprint density at radius 1 is 1.23 bits per heavy atom. The molecule has 0 spiro atoms. The van der Waals surface area contributed by atoms with Crippen molar-refractivity contribution in [3.63, 3.8) is 0 Å². The van der Waals surface area contributed by atoms with Gasteiger partial charge in [-0.3, -0.25) is 4.79 Å². The van der Waals surface area contributed by atoms with E-state index >= 15 is 0 Å². The predicted octanol–water partition coefficient (Wildman–Crippen LogP) is 3.18. The molecule has 1 aliphatic heterocycles. The molecule has 0 aliphatic carbocycles. The van der Waals surface area contributed by atoms with Crippen LogP contribution in [0.25, 0.3) is 10.4 Å². The number of carbonyl (C=O) groups is 1. The smallest absolute Gasteiger partial charge is 0.263 e. The zero-order chi connectivity index (χ0) is 15.9. The van der Waals surface area contributed by atoms with Crippen LogP contribution in [0.3, 0.4) is 0 Å². The minimum Gasteiger partial charge on any atom is -0.339 e. The molecule has 1 aromatic heterocycles. The third-order valence-corrected chi connectivity index (χ3v) is 6.80. The Labute approximate surface area is 134 Å². The molecule has 2 aromatic rings. The minimum atomic E-state index is -3.32. The normalized spacial score (nSPS) is 15.0. The van der Waals surface area contributed by atoms with Gasteiger partial charge in [-0.25, -0.2) is 8.42 Å². The Kier molecular flexibility index (Phi) is 3.82. The van der Waals surface area contributed by atoms with Gasteiger partial charge in [-0.05, 0) is 31.5 Å². The summed E-state index contributed by atoms with van der Waals surface area (Å²) in [6, 6.07) is 8.76. The first kappa shape index (κ1) is 15.2. The van der Waals surface area contributed by atoms with Crippen LogP contribution in [0, 0.1) is 0 Å². The molecule has 1 amide bonds. The van der Waals surface area contributed by atoms with Crippen LogP contribution in [0.15, 0.2) is 35.2 Å². The van der Waals surface area contributed by atoms with Crippen LogP contribution >= 0.6 is 11.3 Å². The van der Waals surface area contributed by atoms with Crippen LogP contribution in [-0.4, -0.2) is 32.3 Å². The van der Waals surface area contributed by atoms with E-state index in [1.807, 2.05) is 26.0 Å². The predicted molar refractivity (Wildman–Crippen MR) is 87.9 cm³/mol. The second-order valence-electron chi connectivity index (χ2n) is 5.20. The van der Waals surface area contributed by atoms with Crippen LogP contribution in [-0.2, 0) is 15.6 Å².